The molecule has 0 aromatic heterocycles. The van der Waals surface area contributed by atoms with Crippen molar-refractivity contribution in [3.05, 3.63) is 23.8 Å². The van der Waals surface area contributed by atoms with Crippen molar-refractivity contribution in [1.29, 1.82) is 0 Å². The number of halogens is 2. The maximum Gasteiger partial charge on any atom is 0 e. The van der Waals surface area contributed by atoms with Crippen LogP contribution in [0.4, 0.5) is 0 Å². The fourth-order valence-electron chi connectivity index (χ4n) is 1.07. The summed E-state index contributed by atoms with van der Waals surface area (Å²) in [6.45, 7) is 2.22. The Bertz CT molecular complexity index is 141. The summed E-state index contributed by atoms with van der Waals surface area (Å²) in [5.41, 5.74) is 1.55. The molecule has 0 aromatic rings. The van der Waals surface area contributed by atoms with E-state index in [1.54, 1.807) is 5.57 Å². The van der Waals surface area contributed by atoms with E-state index in [9.17, 15) is 0 Å². The van der Waals surface area contributed by atoms with E-state index in [4.69, 9.17) is 0 Å². The Balaban J connectivity index is -0.000000270. The second kappa shape index (κ2) is 12.6. The molecule has 0 heterocycles. The maximum atomic E-state index is 2.35. The molecule has 0 unspecified atom stereocenters. The van der Waals surface area contributed by atoms with Crippen LogP contribution in [0.3, 0.4) is 0 Å². The molecule has 1 aliphatic rings. The second-order valence-electron chi connectivity index (χ2n) is 2.64. The number of hydrogen-bond donors (Lipinski definition) is 0. The van der Waals surface area contributed by atoms with Gasteiger partial charge in [0.2, 0.25) is 0 Å². The summed E-state index contributed by atoms with van der Waals surface area (Å²) in [6.07, 6.45) is 11.9. The first-order chi connectivity index (χ1) is 4.39. The molecule has 1 rings (SSSR count). The predicted octanol–water partition coefficient (Wildman–Crippen LogP) is 4.30. The van der Waals surface area contributed by atoms with Gasteiger partial charge < -0.3 is 0 Å². The van der Waals surface area contributed by atoms with Gasteiger partial charge >= 0.3 is 0 Å². The SMILES string of the molecule is C/C1=C/CC/C=C\CC1.I.I.[Pt]. The van der Waals surface area contributed by atoms with Crippen LogP contribution in [0, 0.1) is 0 Å². The van der Waals surface area contributed by atoms with Gasteiger partial charge in [0.1, 0.15) is 0 Å². The van der Waals surface area contributed by atoms with E-state index in [0.717, 1.165) is 0 Å². The van der Waals surface area contributed by atoms with Gasteiger partial charge in [0.05, 0.1) is 0 Å². The zero-order valence-electron chi connectivity index (χ0n) is 7.19. The largest absolute Gasteiger partial charge is 0.107 e. The average Bonchev–Trinajstić information content (AvgIpc) is 1.79. The van der Waals surface area contributed by atoms with E-state index in [0.29, 0.717) is 0 Å². The Morgan fingerprint density at radius 2 is 1.58 bits per heavy atom. The molecule has 0 atom stereocenters. The van der Waals surface area contributed by atoms with E-state index in [1.165, 1.54) is 25.7 Å². The Morgan fingerprint density at radius 3 is 2.25 bits per heavy atom. The van der Waals surface area contributed by atoms with Crippen molar-refractivity contribution in [2.24, 2.45) is 0 Å². The third kappa shape index (κ3) is 9.71. The quantitative estimate of drug-likeness (QED) is 0.300. The van der Waals surface area contributed by atoms with Gasteiger partial charge in [-0.05, 0) is 32.6 Å². The number of allylic oxidation sites excluding steroid dienone is 4. The first-order valence-corrected chi connectivity index (χ1v) is 3.70. The summed E-state index contributed by atoms with van der Waals surface area (Å²) in [5.74, 6) is 0. The molecule has 12 heavy (non-hydrogen) atoms. The molecule has 0 bridgehead atoms. The molecule has 0 saturated heterocycles. The summed E-state index contributed by atoms with van der Waals surface area (Å²) in [7, 11) is 0. The summed E-state index contributed by atoms with van der Waals surface area (Å²) in [4.78, 5) is 0. The monoisotopic (exact) mass is 573 g/mol. The van der Waals surface area contributed by atoms with Crippen LogP contribution in [0.25, 0.3) is 0 Å². The molecule has 0 radical (unpaired) electrons. The summed E-state index contributed by atoms with van der Waals surface area (Å²) >= 11 is 0. The van der Waals surface area contributed by atoms with Crippen molar-refractivity contribution in [1.82, 2.24) is 0 Å². The zero-order chi connectivity index (χ0) is 6.53. The van der Waals surface area contributed by atoms with Crippen LogP contribution in [0.15, 0.2) is 23.8 Å². The summed E-state index contributed by atoms with van der Waals surface area (Å²) < 4.78 is 0. The van der Waals surface area contributed by atoms with Crippen LogP contribution in [0.5, 0.6) is 0 Å². The van der Waals surface area contributed by atoms with Gasteiger partial charge in [-0.15, -0.1) is 48.0 Å². The molecular formula is C9H16I2Pt. The maximum absolute atomic E-state index is 2.35. The van der Waals surface area contributed by atoms with E-state index in [2.05, 4.69) is 25.2 Å². The van der Waals surface area contributed by atoms with Crippen LogP contribution in [0.1, 0.15) is 32.6 Å². The van der Waals surface area contributed by atoms with Crippen LogP contribution in [-0.2, 0) is 21.1 Å². The predicted molar refractivity (Wildman–Crippen MR) is 72.2 cm³/mol. The normalized spacial score (nSPS) is 22.2. The molecule has 3 heteroatoms. The molecule has 0 N–H and O–H groups in total. The van der Waals surface area contributed by atoms with Gasteiger partial charge in [-0.25, -0.2) is 0 Å². The van der Waals surface area contributed by atoms with Crippen molar-refractivity contribution >= 4 is 48.0 Å². The minimum absolute atomic E-state index is 0. The molecule has 0 saturated carbocycles. The first-order valence-electron chi connectivity index (χ1n) is 3.70. The Morgan fingerprint density at radius 1 is 1.00 bits per heavy atom. The molecule has 0 fully saturated rings. The fourth-order valence-corrected chi connectivity index (χ4v) is 1.07. The molecule has 0 aliphatic heterocycles. The molecule has 0 nitrogen and oxygen atoms in total. The molecule has 0 aromatic carbocycles. The molecule has 76 valence electrons. The van der Waals surface area contributed by atoms with E-state index >= 15 is 0 Å². The van der Waals surface area contributed by atoms with Crippen LogP contribution >= 0.6 is 48.0 Å². The third-order valence-electron chi connectivity index (χ3n) is 1.70. The minimum atomic E-state index is 0. The Labute approximate surface area is 124 Å². The number of hydrogen-bond acceptors (Lipinski definition) is 0. The molecule has 0 amide bonds. The van der Waals surface area contributed by atoms with E-state index in [-0.39, 0.29) is 69.0 Å². The average molecular weight is 573 g/mol. The van der Waals surface area contributed by atoms with Crippen molar-refractivity contribution < 1.29 is 21.1 Å². The first kappa shape index (κ1) is 19.2. The van der Waals surface area contributed by atoms with Crippen molar-refractivity contribution in [2.75, 3.05) is 0 Å². The van der Waals surface area contributed by atoms with Crippen LogP contribution < -0.4 is 0 Å². The van der Waals surface area contributed by atoms with Gasteiger partial charge in [0, 0.05) is 21.1 Å². The Kier molecular flexibility index (Phi) is 20.2. The minimum Gasteiger partial charge on any atom is -0.107 e. The molecule has 1 aliphatic carbocycles. The van der Waals surface area contributed by atoms with Crippen molar-refractivity contribution in [3.63, 3.8) is 0 Å². The molecular weight excluding hydrogens is 557 g/mol. The van der Waals surface area contributed by atoms with Gasteiger partial charge in [-0.3, -0.25) is 0 Å². The van der Waals surface area contributed by atoms with Crippen LogP contribution in [0.2, 0.25) is 0 Å². The standard InChI is InChI=1S/C9H14.2HI.Pt/c1-9-7-5-3-2-4-6-8-9;;;/h2-3,8H,4-7H2,1H3;2*1H;/b3-2-,9-8-;;;. The zero-order valence-corrected chi connectivity index (χ0v) is 14.1. The fraction of sp³-hybridized carbons (Fsp3) is 0.556. The van der Waals surface area contributed by atoms with E-state index < -0.39 is 0 Å². The Hall–Kier alpha value is 1.63. The number of rotatable bonds is 0. The van der Waals surface area contributed by atoms with Crippen molar-refractivity contribution in [3.8, 4) is 0 Å². The second-order valence-corrected chi connectivity index (χ2v) is 2.64. The van der Waals surface area contributed by atoms with Crippen LogP contribution in [-0.4, -0.2) is 0 Å². The summed E-state index contributed by atoms with van der Waals surface area (Å²) in [5, 5.41) is 0. The van der Waals surface area contributed by atoms with Gasteiger partial charge in [0.15, 0.2) is 0 Å². The third-order valence-corrected chi connectivity index (χ3v) is 1.70. The van der Waals surface area contributed by atoms with Gasteiger partial charge in [-0.1, -0.05) is 23.8 Å². The smallest absolute Gasteiger partial charge is 0 e. The van der Waals surface area contributed by atoms with E-state index in [1.807, 2.05) is 0 Å². The topological polar surface area (TPSA) is 0 Å². The summed E-state index contributed by atoms with van der Waals surface area (Å²) in [6, 6.07) is 0. The van der Waals surface area contributed by atoms with Gasteiger partial charge in [-0.2, -0.15) is 0 Å². The van der Waals surface area contributed by atoms with Crippen molar-refractivity contribution in [2.45, 2.75) is 32.6 Å². The van der Waals surface area contributed by atoms with Gasteiger partial charge in [0.25, 0.3) is 0 Å². The molecule has 0 spiro atoms.